The predicted molar refractivity (Wildman–Crippen MR) is 149 cm³/mol. The van der Waals surface area contributed by atoms with Crippen molar-refractivity contribution in [3.05, 3.63) is 59.7 Å². The van der Waals surface area contributed by atoms with Crippen molar-refractivity contribution in [2.45, 2.75) is 89.1 Å². The van der Waals surface area contributed by atoms with E-state index >= 15 is 0 Å². The second-order valence-corrected chi connectivity index (χ2v) is 12.0. The molecule has 1 heterocycles. The minimum atomic E-state index is -4.49. The van der Waals surface area contributed by atoms with E-state index in [9.17, 15) is 22.8 Å². The molecule has 0 spiro atoms. The van der Waals surface area contributed by atoms with E-state index < -0.39 is 35.7 Å². The van der Waals surface area contributed by atoms with Gasteiger partial charge < -0.3 is 20.3 Å². The van der Waals surface area contributed by atoms with Crippen molar-refractivity contribution in [1.29, 1.82) is 0 Å². The molecular weight excluding hydrogens is 519 g/mol. The van der Waals surface area contributed by atoms with Crippen LogP contribution in [0.15, 0.2) is 48.5 Å². The maximum absolute atomic E-state index is 13.7. The third-order valence-electron chi connectivity index (χ3n) is 7.95. The highest BCUT2D eigenvalue weighted by molar-refractivity contribution is 6.00. The number of carbonyl (C=O) groups excluding carboxylic acids is 2. The molecule has 2 aliphatic rings. The van der Waals surface area contributed by atoms with E-state index in [0.717, 1.165) is 54.6 Å². The van der Waals surface area contributed by atoms with Gasteiger partial charge >= 0.3 is 12.3 Å². The number of alkyl carbamates (subject to hydrolysis) is 1. The molecule has 1 atom stereocenters. The molecule has 1 unspecified atom stereocenters. The van der Waals surface area contributed by atoms with Crippen LogP contribution in [0.25, 0.3) is 11.1 Å². The fraction of sp³-hybridized carbons (Fsp3) is 0.548. The molecule has 6 nitrogen and oxygen atoms in total. The minimum Gasteiger partial charge on any atom is -0.444 e. The SMILES string of the molecule is CC(CCCC1(C(=O)NCC(F)(F)F)c2ccccc2-c2ccccc21)N1CCC(NC(=O)OC(C)(C)C)CC1. The average molecular weight is 560 g/mol. The molecule has 218 valence electrons. The number of alkyl halides is 3. The van der Waals surface area contributed by atoms with E-state index in [1.54, 1.807) is 0 Å². The van der Waals surface area contributed by atoms with Gasteiger partial charge in [-0.2, -0.15) is 13.2 Å². The van der Waals surface area contributed by atoms with Crippen molar-refractivity contribution in [1.82, 2.24) is 15.5 Å². The Balaban J connectivity index is 1.43. The first-order chi connectivity index (χ1) is 18.8. The minimum absolute atomic E-state index is 0.0605. The number of nitrogens with zero attached hydrogens (tertiary/aromatic N) is 1. The summed E-state index contributed by atoms with van der Waals surface area (Å²) >= 11 is 0. The van der Waals surface area contributed by atoms with Gasteiger partial charge in [0.1, 0.15) is 17.6 Å². The molecule has 0 radical (unpaired) electrons. The molecule has 0 aromatic heterocycles. The van der Waals surface area contributed by atoms with Crippen LogP contribution in [-0.2, 0) is 14.9 Å². The molecule has 1 aliphatic carbocycles. The molecule has 1 fully saturated rings. The lowest BCUT2D eigenvalue weighted by atomic mass is 9.73. The van der Waals surface area contributed by atoms with E-state index in [2.05, 4.69) is 22.5 Å². The molecule has 9 heteroatoms. The zero-order chi connectivity index (χ0) is 29.1. The molecule has 2 amide bonds. The van der Waals surface area contributed by atoms with Crippen molar-refractivity contribution >= 4 is 12.0 Å². The summed E-state index contributed by atoms with van der Waals surface area (Å²) < 4.78 is 44.7. The largest absolute Gasteiger partial charge is 0.444 e. The smallest absolute Gasteiger partial charge is 0.407 e. The second-order valence-electron chi connectivity index (χ2n) is 12.0. The Labute approximate surface area is 234 Å². The summed E-state index contributed by atoms with van der Waals surface area (Å²) in [5, 5.41) is 5.17. The normalized spacial score (nSPS) is 18.0. The monoisotopic (exact) mass is 559 g/mol. The number of amides is 2. The molecule has 2 aromatic carbocycles. The molecule has 2 N–H and O–H groups in total. The van der Waals surface area contributed by atoms with Crippen molar-refractivity contribution in [3.63, 3.8) is 0 Å². The lowest BCUT2D eigenvalue weighted by molar-refractivity contribution is -0.141. The van der Waals surface area contributed by atoms with Gasteiger partial charge in [0, 0.05) is 25.2 Å². The first kappa shape index (κ1) is 29.9. The first-order valence-corrected chi connectivity index (χ1v) is 14.1. The molecule has 40 heavy (non-hydrogen) atoms. The average Bonchev–Trinajstić information content (AvgIpc) is 3.17. The molecule has 1 aliphatic heterocycles. The summed E-state index contributed by atoms with van der Waals surface area (Å²) in [6, 6.07) is 15.4. The summed E-state index contributed by atoms with van der Waals surface area (Å²) in [6.45, 7) is 7.95. The second kappa shape index (κ2) is 11.8. The van der Waals surface area contributed by atoms with E-state index in [1.165, 1.54) is 0 Å². The van der Waals surface area contributed by atoms with Crippen LogP contribution in [0.1, 0.15) is 70.9 Å². The number of piperidine rings is 1. The summed E-state index contributed by atoms with van der Waals surface area (Å²) in [7, 11) is 0. The van der Waals surface area contributed by atoms with Gasteiger partial charge in [0.15, 0.2) is 0 Å². The van der Waals surface area contributed by atoms with Gasteiger partial charge in [-0.25, -0.2) is 4.79 Å². The molecule has 0 saturated carbocycles. The number of carbonyl (C=O) groups is 2. The molecule has 0 bridgehead atoms. The number of ether oxygens (including phenoxy) is 1. The van der Waals surface area contributed by atoms with Gasteiger partial charge in [-0.15, -0.1) is 0 Å². The summed E-state index contributed by atoms with van der Waals surface area (Å²) in [5.74, 6) is -0.607. The number of hydrogen-bond acceptors (Lipinski definition) is 4. The Kier molecular flexibility index (Phi) is 8.83. The maximum Gasteiger partial charge on any atom is 0.407 e. The van der Waals surface area contributed by atoms with Crippen LogP contribution in [0, 0.1) is 0 Å². The van der Waals surface area contributed by atoms with E-state index in [4.69, 9.17) is 4.74 Å². The van der Waals surface area contributed by atoms with Gasteiger partial charge in [-0.05, 0) is 75.6 Å². The Morgan fingerprint density at radius 3 is 2.08 bits per heavy atom. The zero-order valence-corrected chi connectivity index (χ0v) is 23.7. The first-order valence-electron chi connectivity index (χ1n) is 14.1. The fourth-order valence-corrected chi connectivity index (χ4v) is 6.09. The Morgan fingerprint density at radius 1 is 1.00 bits per heavy atom. The molecule has 2 aromatic rings. The number of benzene rings is 2. The standard InChI is InChI=1S/C31H40F3N3O3/c1-21(37-18-15-22(16-19-37)36-28(39)40-29(2,3)4)10-9-17-30(27(38)35-20-31(32,33)34)25-13-7-5-11-23(25)24-12-6-8-14-26(24)30/h5-8,11-14,21-22H,9-10,15-20H2,1-4H3,(H,35,38)(H,36,39). The Morgan fingerprint density at radius 2 is 1.55 bits per heavy atom. The number of halogens is 3. The van der Waals surface area contributed by atoms with Crippen LogP contribution in [-0.4, -0.2) is 60.4 Å². The van der Waals surface area contributed by atoms with Crippen molar-refractivity contribution in [2.24, 2.45) is 0 Å². The Hall–Kier alpha value is -3.07. The van der Waals surface area contributed by atoms with E-state index in [1.807, 2.05) is 69.3 Å². The van der Waals surface area contributed by atoms with E-state index in [0.29, 0.717) is 12.8 Å². The van der Waals surface area contributed by atoms with Crippen LogP contribution in [0.3, 0.4) is 0 Å². The van der Waals surface area contributed by atoms with Gasteiger partial charge in [0.25, 0.3) is 0 Å². The van der Waals surface area contributed by atoms with Crippen LogP contribution in [0.5, 0.6) is 0 Å². The number of likely N-dealkylation sites (tertiary alicyclic amines) is 1. The van der Waals surface area contributed by atoms with Gasteiger partial charge in [-0.3, -0.25) is 4.79 Å². The molecule has 4 rings (SSSR count). The summed E-state index contributed by atoms with van der Waals surface area (Å²) in [5.41, 5.74) is 1.60. The van der Waals surface area contributed by atoms with Crippen molar-refractivity contribution in [2.75, 3.05) is 19.6 Å². The fourth-order valence-electron chi connectivity index (χ4n) is 6.09. The summed E-state index contributed by atoms with van der Waals surface area (Å²) in [6.07, 6.45) is -1.39. The van der Waals surface area contributed by atoms with E-state index in [-0.39, 0.29) is 12.1 Å². The highest BCUT2D eigenvalue weighted by Crippen LogP contribution is 2.51. The third-order valence-corrected chi connectivity index (χ3v) is 7.95. The molecule has 1 saturated heterocycles. The number of rotatable bonds is 8. The maximum atomic E-state index is 13.7. The topological polar surface area (TPSA) is 70.7 Å². The van der Waals surface area contributed by atoms with Gasteiger partial charge in [0.2, 0.25) is 5.91 Å². The van der Waals surface area contributed by atoms with Gasteiger partial charge in [0.05, 0.1) is 0 Å². The van der Waals surface area contributed by atoms with Crippen LogP contribution in [0.4, 0.5) is 18.0 Å². The van der Waals surface area contributed by atoms with Crippen LogP contribution >= 0.6 is 0 Å². The number of hydrogen-bond donors (Lipinski definition) is 2. The molecular formula is C31H40F3N3O3. The van der Waals surface area contributed by atoms with Crippen LogP contribution < -0.4 is 10.6 Å². The zero-order valence-electron chi connectivity index (χ0n) is 23.7. The van der Waals surface area contributed by atoms with Crippen molar-refractivity contribution < 1.29 is 27.5 Å². The Bertz CT molecular complexity index is 1150. The highest BCUT2D eigenvalue weighted by atomic mass is 19.4. The lowest BCUT2D eigenvalue weighted by Gasteiger charge is -2.37. The quantitative estimate of drug-likeness (QED) is 0.405. The van der Waals surface area contributed by atoms with Crippen LogP contribution in [0.2, 0.25) is 0 Å². The van der Waals surface area contributed by atoms with Crippen molar-refractivity contribution in [3.8, 4) is 11.1 Å². The number of fused-ring (bicyclic) bond motifs is 3. The van der Waals surface area contributed by atoms with Gasteiger partial charge in [-0.1, -0.05) is 55.0 Å². The summed E-state index contributed by atoms with van der Waals surface area (Å²) in [4.78, 5) is 28.2. The highest BCUT2D eigenvalue weighted by Gasteiger charge is 2.49. The lowest BCUT2D eigenvalue weighted by Crippen LogP contribution is -2.48. The third kappa shape index (κ3) is 6.79. The number of nitrogens with one attached hydrogen (secondary N) is 2. The predicted octanol–water partition coefficient (Wildman–Crippen LogP) is 6.18.